The normalized spacial score (nSPS) is 14.7. The van der Waals surface area contributed by atoms with E-state index in [-0.39, 0.29) is 5.69 Å². The average Bonchev–Trinajstić information content (AvgIpc) is 2.84. The van der Waals surface area contributed by atoms with Crippen molar-refractivity contribution in [1.29, 1.82) is 0 Å². The number of hydrogen-bond donors (Lipinski definition) is 2. The minimum absolute atomic E-state index is 0.0865. The Morgan fingerprint density at radius 2 is 1.78 bits per heavy atom. The standard InChI is InChI=1S/C23H31N5O4/c1-31-22-9-5-20(6-10-22)18-26-23(24-11-2-12-27-13-15-32-16-14-27)25-17-19-3-7-21(8-4-19)28(29)30/h3-10H,2,11-18H2,1H3,(H2,24,25,26). The van der Waals surface area contributed by atoms with E-state index in [9.17, 15) is 10.1 Å². The summed E-state index contributed by atoms with van der Waals surface area (Å²) in [6.07, 6.45) is 1.00. The van der Waals surface area contributed by atoms with Gasteiger partial charge in [-0.05, 0) is 36.2 Å². The van der Waals surface area contributed by atoms with Gasteiger partial charge in [-0.2, -0.15) is 0 Å². The van der Waals surface area contributed by atoms with E-state index in [1.165, 1.54) is 12.1 Å². The molecule has 1 fully saturated rings. The summed E-state index contributed by atoms with van der Waals surface area (Å²) in [5, 5.41) is 17.6. The number of morpholine rings is 1. The highest BCUT2D eigenvalue weighted by atomic mass is 16.6. The molecule has 0 spiro atoms. The smallest absolute Gasteiger partial charge is 0.269 e. The molecule has 0 bridgehead atoms. The highest BCUT2D eigenvalue weighted by Crippen LogP contribution is 2.13. The first-order chi connectivity index (χ1) is 15.6. The zero-order chi connectivity index (χ0) is 22.6. The van der Waals surface area contributed by atoms with Crippen molar-refractivity contribution in [2.24, 2.45) is 4.99 Å². The van der Waals surface area contributed by atoms with Crippen molar-refractivity contribution in [2.45, 2.75) is 19.5 Å². The molecule has 0 amide bonds. The number of non-ortho nitro benzene ring substituents is 1. The van der Waals surface area contributed by atoms with Crippen molar-refractivity contribution in [3.8, 4) is 5.75 Å². The van der Waals surface area contributed by atoms with Crippen LogP contribution in [-0.2, 0) is 17.8 Å². The van der Waals surface area contributed by atoms with E-state index in [2.05, 4.69) is 15.5 Å². The van der Waals surface area contributed by atoms with Crippen LogP contribution in [-0.4, -0.2) is 62.3 Å². The van der Waals surface area contributed by atoms with Gasteiger partial charge < -0.3 is 20.1 Å². The Bertz CT molecular complexity index is 865. The molecule has 0 unspecified atom stereocenters. The number of nitro benzene ring substituents is 1. The maximum atomic E-state index is 10.8. The zero-order valence-corrected chi connectivity index (χ0v) is 18.5. The Hall–Kier alpha value is -3.17. The molecule has 1 saturated heterocycles. The summed E-state index contributed by atoms with van der Waals surface area (Å²) in [7, 11) is 1.65. The Labute approximate surface area is 188 Å². The number of benzene rings is 2. The van der Waals surface area contributed by atoms with Crippen molar-refractivity contribution in [3.05, 3.63) is 69.8 Å². The molecule has 1 heterocycles. The molecule has 3 rings (SSSR count). The molecular formula is C23H31N5O4. The number of nitrogens with zero attached hydrogens (tertiary/aromatic N) is 3. The van der Waals surface area contributed by atoms with E-state index in [0.717, 1.165) is 62.7 Å². The topological polar surface area (TPSA) is 101 Å². The van der Waals surface area contributed by atoms with Gasteiger partial charge in [0.2, 0.25) is 0 Å². The van der Waals surface area contributed by atoms with Crippen LogP contribution in [0.1, 0.15) is 17.5 Å². The van der Waals surface area contributed by atoms with Crippen molar-refractivity contribution in [2.75, 3.05) is 46.5 Å². The summed E-state index contributed by atoms with van der Waals surface area (Å²) in [5.74, 6) is 1.52. The Morgan fingerprint density at radius 3 is 2.44 bits per heavy atom. The van der Waals surface area contributed by atoms with Crippen LogP contribution in [0.5, 0.6) is 5.75 Å². The number of nitrogens with one attached hydrogen (secondary N) is 2. The van der Waals surface area contributed by atoms with Crippen LogP contribution < -0.4 is 15.4 Å². The summed E-state index contributed by atoms with van der Waals surface area (Å²) in [4.78, 5) is 17.6. The molecule has 0 aliphatic carbocycles. The van der Waals surface area contributed by atoms with Gasteiger partial charge in [0.1, 0.15) is 5.75 Å². The maximum Gasteiger partial charge on any atom is 0.269 e. The van der Waals surface area contributed by atoms with E-state index in [4.69, 9.17) is 14.5 Å². The third-order valence-corrected chi connectivity index (χ3v) is 5.23. The fraction of sp³-hybridized carbons (Fsp3) is 0.435. The number of guanidine groups is 1. The van der Waals surface area contributed by atoms with E-state index in [1.54, 1.807) is 19.2 Å². The number of hydrogen-bond acceptors (Lipinski definition) is 6. The van der Waals surface area contributed by atoms with Crippen LogP contribution in [0.25, 0.3) is 0 Å². The highest BCUT2D eigenvalue weighted by Gasteiger charge is 2.09. The van der Waals surface area contributed by atoms with Gasteiger partial charge in [-0.15, -0.1) is 0 Å². The molecule has 2 aromatic carbocycles. The van der Waals surface area contributed by atoms with E-state index >= 15 is 0 Å². The lowest BCUT2D eigenvalue weighted by atomic mass is 10.2. The van der Waals surface area contributed by atoms with Crippen LogP contribution >= 0.6 is 0 Å². The molecule has 32 heavy (non-hydrogen) atoms. The Balaban J connectivity index is 1.54. The molecule has 2 N–H and O–H groups in total. The third-order valence-electron chi connectivity index (χ3n) is 5.23. The van der Waals surface area contributed by atoms with Gasteiger partial charge in [-0.1, -0.05) is 24.3 Å². The monoisotopic (exact) mass is 441 g/mol. The lowest BCUT2D eigenvalue weighted by Crippen LogP contribution is -2.40. The van der Waals surface area contributed by atoms with Gasteiger partial charge in [0.15, 0.2) is 5.96 Å². The second-order valence-electron chi connectivity index (χ2n) is 7.52. The molecule has 172 valence electrons. The molecule has 0 atom stereocenters. The molecule has 1 aliphatic heterocycles. The van der Waals surface area contributed by atoms with E-state index < -0.39 is 4.92 Å². The molecule has 0 saturated carbocycles. The molecule has 2 aromatic rings. The summed E-state index contributed by atoms with van der Waals surface area (Å²) in [5.41, 5.74) is 2.11. The number of methoxy groups -OCH3 is 1. The average molecular weight is 442 g/mol. The number of rotatable bonds is 10. The number of nitro groups is 1. The molecule has 9 nitrogen and oxygen atoms in total. The molecule has 9 heteroatoms. The highest BCUT2D eigenvalue weighted by molar-refractivity contribution is 5.79. The predicted molar refractivity (Wildman–Crippen MR) is 124 cm³/mol. The fourth-order valence-corrected chi connectivity index (χ4v) is 3.33. The SMILES string of the molecule is COc1ccc(CN=C(NCCCN2CCOCC2)NCc2ccc([N+](=O)[O-])cc2)cc1. The second-order valence-corrected chi connectivity index (χ2v) is 7.52. The Morgan fingerprint density at radius 1 is 1.09 bits per heavy atom. The van der Waals surface area contributed by atoms with Crippen LogP contribution in [0, 0.1) is 10.1 Å². The lowest BCUT2D eigenvalue weighted by molar-refractivity contribution is -0.384. The van der Waals surface area contributed by atoms with Crippen molar-refractivity contribution in [1.82, 2.24) is 15.5 Å². The summed E-state index contributed by atoms with van der Waals surface area (Å²) >= 11 is 0. The summed E-state index contributed by atoms with van der Waals surface area (Å²) < 4.78 is 10.6. The van der Waals surface area contributed by atoms with Crippen molar-refractivity contribution < 1.29 is 14.4 Å². The van der Waals surface area contributed by atoms with Gasteiger partial charge >= 0.3 is 0 Å². The number of aliphatic imine (C=N–C) groups is 1. The minimum atomic E-state index is -0.394. The van der Waals surface area contributed by atoms with Crippen LogP contribution in [0.15, 0.2) is 53.5 Å². The first-order valence-electron chi connectivity index (χ1n) is 10.8. The second kappa shape index (κ2) is 12.6. The number of ether oxygens (including phenoxy) is 2. The van der Waals surface area contributed by atoms with E-state index in [0.29, 0.717) is 19.0 Å². The van der Waals surface area contributed by atoms with Crippen LogP contribution in [0.4, 0.5) is 5.69 Å². The first kappa shape index (κ1) is 23.5. The Kier molecular flexibility index (Phi) is 9.27. The fourth-order valence-electron chi connectivity index (χ4n) is 3.33. The first-order valence-corrected chi connectivity index (χ1v) is 10.8. The van der Waals surface area contributed by atoms with Crippen molar-refractivity contribution >= 4 is 11.6 Å². The molecule has 0 aromatic heterocycles. The predicted octanol–water partition coefficient (Wildman–Crippen LogP) is 2.56. The maximum absolute atomic E-state index is 10.8. The quantitative estimate of drug-likeness (QED) is 0.192. The largest absolute Gasteiger partial charge is 0.497 e. The minimum Gasteiger partial charge on any atom is -0.497 e. The molecule has 0 radical (unpaired) electrons. The van der Waals surface area contributed by atoms with Gasteiger partial charge in [0, 0.05) is 38.3 Å². The van der Waals surface area contributed by atoms with Crippen LogP contribution in [0.3, 0.4) is 0 Å². The lowest BCUT2D eigenvalue weighted by Gasteiger charge is -2.26. The summed E-state index contributed by atoms with van der Waals surface area (Å²) in [6, 6.07) is 14.4. The third kappa shape index (κ3) is 7.82. The molecular weight excluding hydrogens is 410 g/mol. The molecule has 1 aliphatic rings. The van der Waals surface area contributed by atoms with Gasteiger partial charge in [0.05, 0.1) is 31.8 Å². The van der Waals surface area contributed by atoms with E-state index in [1.807, 2.05) is 24.3 Å². The van der Waals surface area contributed by atoms with Gasteiger partial charge in [0.25, 0.3) is 5.69 Å². The van der Waals surface area contributed by atoms with Crippen molar-refractivity contribution in [3.63, 3.8) is 0 Å². The van der Waals surface area contributed by atoms with Crippen LogP contribution in [0.2, 0.25) is 0 Å². The summed E-state index contributed by atoms with van der Waals surface area (Å²) in [6.45, 7) is 6.45. The van der Waals surface area contributed by atoms with Gasteiger partial charge in [-0.3, -0.25) is 15.0 Å². The zero-order valence-electron chi connectivity index (χ0n) is 18.5. The van der Waals surface area contributed by atoms with Gasteiger partial charge in [-0.25, -0.2) is 4.99 Å².